The molecule has 1 aliphatic rings. The fraction of sp³-hybridized carbons (Fsp3) is 0.263. The van der Waals surface area contributed by atoms with Crippen molar-refractivity contribution in [3.8, 4) is 22.6 Å². The van der Waals surface area contributed by atoms with Gasteiger partial charge in [0.2, 0.25) is 5.95 Å². The van der Waals surface area contributed by atoms with Crippen molar-refractivity contribution in [1.82, 2.24) is 9.97 Å². The van der Waals surface area contributed by atoms with Crippen molar-refractivity contribution < 1.29 is 9.84 Å². The largest absolute Gasteiger partial charge is 0.504 e. The maximum Gasteiger partial charge on any atom is 0.222 e. The van der Waals surface area contributed by atoms with Crippen molar-refractivity contribution in [1.29, 1.82) is 0 Å². The highest BCUT2D eigenvalue weighted by Gasteiger charge is 2.34. The van der Waals surface area contributed by atoms with Crippen molar-refractivity contribution in [3.05, 3.63) is 35.4 Å². The van der Waals surface area contributed by atoms with Gasteiger partial charge < -0.3 is 21.3 Å². The maximum absolute atomic E-state index is 10.2. The standard InChI is InChI=1S/C19H20N4O2/c1-9-10(4-6-13-15(9)17(20)23-18(21)22-13)11-5-7-14(24)16-12(11)8-19(2,3)25-16/h4-7,24H,8H2,1-3H3,(H4,20,21,22,23). The summed E-state index contributed by atoms with van der Waals surface area (Å²) in [6.45, 7) is 6.02. The van der Waals surface area contributed by atoms with E-state index in [9.17, 15) is 5.11 Å². The van der Waals surface area contributed by atoms with Crippen LogP contribution in [0.2, 0.25) is 0 Å². The SMILES string of the molecule is Cc1c(-c2ccc(O)c3c2CC(C)(C)O3)ccc2nc(N)nc(N)c12. The van der Waals surface area contributed by atoms with Crippen molar-refractivity contribution in [2.24, 2.45) is 0 Å². The van der Waals surface area contributed by atoms with Crippen LogP contribution in [-0.2, 0) is 6.42 Å². The van der Waals surface area contributed by atoms with Gasteiger partial charge in [0.1, 0.15) is 11.4 Å². The highest BCUT2D eigenvalue weighted by atomic mass is 16.5. The molecule has 2 heterocycles. The van der Waals surface area contributed by atoms with Gasteiger partial charge in [0, 0.05) is 17.4 Å². The summed E-state index contributed by atoms with van der Waals surface area (Å²) in [5.74, 6) is 1.26. The van der Waals surface area contributed by atoms with Crippen molar-refractivity contribution >= 4 is 22.7 Å². The monoisotopic (exact) mass is 336 g/mol. The van der Waals surface area contributed by atoms with Gasteiger partial charge >= 0.3 is 0 Å². The molecule has 4 rings (SSSR count). The molecule has 0 radical (unpaired) electrons. The van der Waals surface area contributed by atoms with Crippen LogP contribution < -0.4 is 16.2 Å². The van der Waals surface area contributed by atoms with Crippen molar-refractivity contribution in [2.75, 3.05) is 11.5 Å². The second-order valence-corrected chi connectivity index (χ2v) is 7.08. The van der Waals surface area contributed by atoms with E-state index in [1.807, 2.05) is 39.0 Å². The lowest BCUT2D eigenvalue weighted by atomic mass is 9.90. The second-order valence-electron chi connectivity index (χ2n) is 7.08. The number of benzene rings is 2. The first-order valence-electron chi connectivity index (χ1n) is 8.13. The Hall–Kier alpha value is -3.02. The molecule has 25 heavy (non-hydrogen) atoms. The molecule has 0 atom stereocenters. The number of nitrogens with zero attached hydrogens (tertiary/aromatic N) is 2. The molecule has 0 spiro atoms. The van der Waals surface area contributed by atoms with Gasteiger partial charge in [-0.25, -0.2) is 4.98 Å². The van der Waals surface area contributed by atoms with Gasteiger partial charge in [-0.1, -0.05) is 12.1 Å². The average molecular weight is 336 g/mol. The first kappa shape index (κ1) is 15.5. The summed E-state index contributed by atoms with van der Waals surface area (Å²) >= 11 is 0. The van der Waals surface area contributed by atoms with Crippen molar-refractivity contribution in [3.63, 3.8) is 0 Å². The van der Waals surface area contributed by atoms with Gasteiger partial charge in [0.25, 0.3) is 0 Å². The Morgan fingerprint density at radius 2 is 1.80 bits per heavy atom. The van der Waals surface area contributed by atoms with E-state index in [0.29, 0.717) is 11.6 Å². The molecule has 0 bridgehead atoms. The summed E-state index contributed by atoms with van der Waals surface area (Å²) in [6, 6.07) is 7.48. The average Bonchev–Trinajstić information content (AvgIpc) is 2.84. The molecular weight excluding hydrogens is 316 g/mol. The molecule has 5 N–H and O–H groups in total. The molecule has 1 aliphatic heterocycles. The van der Waals surface area contributed by atoms with Gasteiger partial charge in [0.05, 0.1) is 5.52 Å². The summed E-state index contributed by atoms with van der Waals surface area (Å²) in [5, 5.41) is 11.0. The molecule has 0 aliphatic carbocycles. The highest BCUT2D eigenvalue weighted by Crippen LogP contribution is 2.47. The van der Waals surface area contributed by atoms with E-state index in [1.54, 1.807) is 6.07 Å². The Bertz CT molecular complexity index is 1030. The number of hydrogen-bond donors (Lipinski definition) is 3. The lowest BCUT2D eigenvalue weighted by molar-refractivity contribution is 0.134. The zero-order valence-corrected chi connectivity index (χ0v) is 14.4. The van der Waals surface area contributed by atoms with E-state index < -0.39 is 0 Å². The third-order valence-corrected chi connectivity index (χ3v) is 4.68. The molecule has 6 nitrogen and oxygen atoms in total. The lowest BCUT2D eigenvalue weighted by Gasteiger charge is -2.16. The molecule has 0 saturated heterocycles. The third kappa shape index (κ3) is 2.33. The molecule has 1 aromatic heterocycles. The predicted molar refractivity (Wildman–Crippen MR) is 98.6 cm³/mol. The third-order valence-electron chi connectivity index (χ3n) is 4.68. The number of fused-ring (bicyclic) bond motifs is 2. The summed E-state index contributed by atoms with van der Waals surface area (Å²) in [6.07, 6.45) is 0.720. The first-order valence-corrected chi connectivity index (χ1v) is 8.13. The van der Waals surface area contributed by atoms with Crippen LogP contribution in [0.4, 0.5) is 11.8 Å². The molecule has 0 saturated carbocycles. The van der Waals surface area contributed by atoms with Crippen LogP contribution in [-0.4, -0.2) is 20.7 Å². The minimum Gasteiger partial charge on any atom is -0.504 e. The van der Waals surface area contributed by atoms with E-state index in [0.717, 1.165) is 39.6 Å². The lowest BCUT2D eigenvalue weighted by Crippen LogP contribution is -2.24. The normalized spacial score (nSPS) is 15.2. The maximum atomic E-state index is 10.2. The Morgan fingerprint density at radius 3 is 2.56 bits per heavy atom. The van der Waals surface area contributed by atoms with Crippen LogP contribution in [0.1, 0.15) is 25.0 Å². The van der Waals surface area contributed by atoms with E-state index in [-0.39, 0.29) is 17.3 Å². The molecule has 128 valence electrons. The number of anilines is 2. The first-order chi connectivity index (χ1) is 11.8. The predicted octanol–water partition coefficient (Wildman–Crippen LogP) is 3.19. The zero-order chi connectivity index (χ0) is 17.9. The van der Waals surface area contributed by atoms with Crippen LogP contribution in [0.3, 0.4) is 0 Å². The minimum atomic E-state index is -0.350. The molecule has 3 aromatic rings. The van der Waals surface area contributed by atoms with E-state index in [1.165, 1.54) is 0 Å². The van der Waals surface area contributed by atoms with Gasteiger partial charge in [-0.3, -0.25) is 0 Å². The highest BCUT2D eigenvalue weighted by molar-refractivity contribution is 5.97. The molecule has 2 aromatic carbocycles. The fourth-order valence-electron chi connectivity index (χ4n) is 3.63. The number of hydrogen-bond acceptors (Lipinski definition) is 6. The molecule has 6 heteroatoms. The smallest absolute Gasteiger partial charge is 0.222 e. The number of phenols is 1. The number of aromatic hydroxyl groups is 1. The Morgan fingerprint density at radius 1 is 1.08 bits per heavy atom. The summed E-state index contributed by atoms with van der Waals surface area (Å²) < 4.78 is 5.94. The van der Waals surface area contributed by atoms with Crippen LogP contribution in [0.5, 0.6) is 11.5 Å². The number of aryl methyl sites for hydroxylation is 1. The Balaban J connectivity index is 1.99. The number of nitrogens with two attached hydrogens (primary N) is 2. The zero-order valence-electron chi connectivity index (χ0n) is 14.4. The summed E-state index contributed by atoms with van der Waals surface area (Å²) in [7, 11) is 0. The summed E-state index contributed by atoms with van der Waals surface area (Å²) in [4.78, 5) is 8.35. The molecule has 0 amide bonds. The topological polar surface area (TPSA) is 107 Å². The van der Waals surface area contributed by atoms with Gasteiger partial charge in [-0.05, 0) is 49.6 Å². The quantitative estimate of drug-likeness (QED) is 0.630. The van der Waals surface area contributed by atoms with Crippen LogP contribution in [0, 0.1) is 6.92 Å². The van der Waals surface area contributed by atoms with Crippen LogP contribution >= 0.6 is 0 Å². The second kappa shape index (κ2) is 4.99. The van der Waals surface area contributed by atoms with Crippen LogP contribution in [0.25, 0.3) is 22.0 Å². The van der Waals surface area contributed by atoms with Crippen molar-refractivity contribution in [2.45, 2.75) is 32.8 Å². The Labute approximate surface area is 145 Å². The van der Waals surface area contributed by atoms with E-state index in [2.05, 4.69) is 9.97 Å². The molecule has 0 unspecified atom stereocenters. The number of rotatable bonds is 1. The molecule has 0 fully saturated rings. The van der Waals surface area contributed by atoms with Gasteiger partial charge in [0.15, 0.2) is 11.5 Å². The number of nitrogen functional groups attached to an aromatic ring is 2. The number of ether oxygens (including phenoxy) is 1. The molecular formula is C19H20N4O2. The number of aromatic nitrogens is 2. The van der Waals surface area contributed by atoms with E-state index in [4.69, 9.17) is 16.2 Å². The van der Waals surface area contributed by atoms with E-state index >= 15 is 0 Å². The van der Waals surface area contributed by atoms with Gasteiger partial charge in [-0.15, -0.1) is 0 Å². The number of phenolic OH excluding ortho intramolecular Hbond substituents is 1. The van der Waals surface area contributed by atoms with Gasteiger partial charge in [-0.2, -0.15) is 4.98 Å². The fourth-order valence-corrected chi connectivity index (χ4v) is 3.63. The summed E-state index contributed by atoms with van der Waals surface area (Å²) in [5.41, 5.74) is 16.2. The minimum absolute atomic E-state index is 0.165. The Kier molecular flexibility index (Phi) is 3.09. The van der Waals surface area contributed by atoms with Crippen LogP contribution in [0.15, 0.2) is 24.3 Å².